The van der Waals surface area contributed by atoms with Gasteiger partial charge in [0.05, 0.1) is 28.5 Å². The number of hydrogen-bond donors (Lipinski definition) is 0. The monoisotopic (exact) mass is 1050 g/mol. The van der Waals surface area contributed by atoms with Crippen molar-refractivity contribution in [2.24, 2.45) is 0 Å². The zero-order chi connectivity index (χ0) is 54.6. The van der Waals surface area contributed by atoms with Gasteiger partial charge in [0.1, 0.15) is 0 Å². The van der Waals surface area contributed by atoms with Gasteiger partial charge in [0.25, 0.3) is 0 Å². The maximum Gasteiger partial charge on any atom is 0.0620 e. The van der Waals surface area contributed by atoms with Crippen LogP contribution in [0.4, 0.5) is 0 Å². The molecule has 388 valence electrons. The molecule has 14 rings (SSSR count). The molecular weight excluding hydrogens is 989 g/mol. The molecule has 0 saturated heterocycles. The first-order valence-electron chi connectivity index (χ1n) is 28.5. The molecule has 0 spiro atoms. The molecule has 0 unspecified atom stereocenters. The first-order valence-corrected chi connectivity index (χ1v) is 28.5. The van der Waals surface area contributed by atoms with Crippen LogP contribution in [0.25, 0.3) is 129 Å². The van der Waals surface area contributed by atoms with Gasteiger partial charge in [0.15, 0.2) is 0 Å². The summed E-state index contributed by atoms with van der Waals surface area (Å²) in [5, 5.41) is 0. The normalized spacial score (nSPS) is 12.2. The van der Waals surface area contributed by atoms with Gasteiger partial charge >= 0.3 is 0 Å². The summed E-state index contributed by atoms with van der Waals surface area (Å²) in [6, 6.07) is 115. The van der Waals surface area contributed by atoms with Gasteiger partial charge in [-0.2, -0.15) is 0 Å². The van der Waals surface area contributed by atoms with Crippen LogP contribution in [0.3, 0.4) is 0 Å². The van der Waals surface area contributed by atoms with Gasteiger partial charge in [-0.3, -0.25) is 0 Å². The van der Waals surface area contributed by atoms with Gasteiger partial charge in [-0.05, 0) is 85.7 Å². The zero-order valence-corrected chi connectivity index (χ0v) is 45.5. The summed E-state index contributed by atoms with van der Waals surface area (Å²) in [7, 11) is 0. The molecule has 0 atom stereocenters. The third-order valence-electron chi connectivity index (χ3n) is 16.1. The fraction of sp³-hybridized carbons (Fsp3) is 0.0250. The number of para-hydroxylation sites is 1. The number of nitrogens with zero attached hydrogens (tertiary/aromatic N) is 2. The molecular formula is C80H58N2. The SMILES string of the molecule is C1=CC(c2ccccc2-c2ccccc2-c2ccccc2-n2c(-c3ccccc3)c(-c3ccccc3)c(-c3ccccc3)c2-c2ccccc2)=C(n2c(-c3ccccc3)c(-c3ccccc3)c(-c3ccccc3)c2-c2ccccc2)CC1. The van der Waals surface area contributed by atoms with E-state index in [2.05, 4.69) is 337 Å². The third-order valence-corrected chi connectivity index (χ3v) is 16.1. The van der Waals surface area contributed by atoms with Crippen molar-refractivity contribution in [2.75, 3.05) is 0 Å². The average Bonchev–Trinajstić information content (AvgIpc) is 3.57. The molecule has 0 saturated carbocycles. The summed E-state index contributed by atoms with van der Waals surface area (Å²) < 4.78 is 5.21. The molecule has 11 aromatic carbocycles. The molecule has 1 aliphatic rings. The molecule has 2 aromatic heterocycles. The van der Waals surface area contributed by atoms with Crippen molar-refractivity contribution < 1.29 is 0 Å². The average molecular weight is 1050 g/mol. The van der Waals surface area contributed by atoms with E-state index in [-0.39, 0.29) is 0 Å². The molecule has 82 heavy (non-hydrogen) atoms. The topological polar surface area (TPSA) is 9.86 Å². The van der Waals surface area contributed by atoms with E-state index in [1.807, 2.05) is 0 Å². The Morgan fingerprint density at radius 1 is 0.220 bits per heavy atom. The molecule has 0 N–H and O–H groups in total. The van der Waals surface area contributed by atoms with Crippen LogP contribution in [-0.2, 0) is 0 Å². The molecule has 0 radical (unpaired) electrons. The highest BCUT2D eigenvalue weighted by atomic mass is 15.0. The number of aromatic nitrogens is 2. The van der Waals surface area contributed by atoms with E-state index in [1.54, 1.807) is 0 Å². The van der Waals surface area contributed by atoms with Crippen LogP contribution in [0, 0.1) is 0 Å². The van der Waals surface area contributed by atoms with Crippen LogP contribution < -0.4 is 0 Å². The van der Waals surface area contributed by atoms with Gasteiger partial charge < -0.3 is 9.13 Å². The predicted molar refractivity (Wildman–Crippen MR) is 346 cm³/mol. The van der Waals surface area contributed by atoms with Crippen LogP contribution in [-0.4, -0.2) is 9.13 Å². The lowest BCUT2D eigenvalue weighted by molar-refractivity contribution is 0.959. The Kier molecular flexibility index (Phi) is 13.5. The maximum atomic E-state index is 2.64. The standard InChI is InChI=1S/C80H58N2/c1-9-33-57(34-10-1)73-74(58-35-11-2-12-36-58)78(62-43-19-6-20-44-62)81(77(73)61-41-17-5-18-42-61)71-55-31-29-53-69(71)67-51-27-25-49-65(67)66-50-26-28-52-68(66)70-54-30-32-56-72(70)82-79(63-45-21-7-22-46-63)75(59-37-13-3-14-38-59)76(60-39-15-4-16-40-60)80(82)64-47-23-8-24-48-64/h1-31,33-55H,32,56H2. The Morgan fingerprint density at radius 2 is 0.476 bits per heavy atom. The summed E-state index contributed by atoms with van der Waals surface area (Å²) in [4.78, 5) is 0. The summed E-state index contributed by atoms with van der Waals surface area (Å²) in [5.41, 5.74) is 28.1. The minimum atomic E-state index is 0.840. The smallest absolute Gasteiger partial charge is 0.0620 e. The van der Waals surface area contributed by atoms with Crippen molar-refractivity contribution in [2.45, 2.75) is 12.8 Å². The van der Waals surface area contributed by atoms with Gasteiger partial charge in [-0.15, -0.1) is 0 Å². The highest BCUT2D eigenvalue weighted by Crippen LogP contribution is 2.54. The van der Waals surface area contributed by atoms with Crippen LogP contribution in [0.1, 0.15) is 18.4 Å². The summed E-state index contributed by atoms with van der Waals surface area (Å²) in [6.45, 7) is 0. The second-order valence-electron chi connectivity index (χ2n) is 20.9. The van der Waals surface area contributed by atoms with Crippen molar-refractivity contribution in [1.82, 2.24) is 9.13 Å². The van der Waals surface area contributed by atoms with Crippen LogP contribution in [0.5, 0.6) is 0 Å². The lowest BCUT2D eigenvalue weighted by Crippen LogP contribution is -2.08. The highest BCUT2D eigenvalue weighted by molar-refractivity contribution is 6.08. The predicted octanol–water partition coefficient (Wildman–Crippen LogP) is 21.7. The Labute approximate surface area is 481 Å². The molecule has 2 nitrogen and oxygen atoms in total. The van der Waals surface area contributed by atoms with Crippen molar-refractivity contribution in [3.8, 4) is 117 Å². The van der Waals surface area contributed by atoms with Crippen LogP contribution in [0.2, 0.25) is 0 Å². The number of hydrogen-bond acceptors (Lipinski definition) is 0. The Bertz CT molecular complexity index is 4220. The lowest BCUT2D eigenvalue weighted by atomic mass is 9.86. The second-order valence-corrected chi connectivity index (χ2v) is 20.9. The van der Waals surface area contributed by atoms with E-state index in [1.165, 1.54) is 67.2 Å². The number of benzene rings is 11. The van der Waals surface area contributed by atoms with Gasteiger partial charge in [0.2, 0.25) is 0 Å². The molecule has 2 heterocycles. The van der Waals surface area contributed by atoms with Crippen molar-refractivity contribution >= 4 is 11.3 Å². The quantitative estimate of drug-likeness (QED) is 0.109. The van der Waals surface area contributed by atoms with Crippen LogP contribution >= 0.6 is 0 Å². The lowest BCUT2D eigenvalue weighted by Gasteiger charge is -2.25. The zero-order valence-electron chi connectivity index (χ0n) is 45.5. The fourth-order valence-electron chi connectivity index (χ4n) is 12.6. The first kappa shape index (κ1) is 49.7. The summed E-state index contributed by atoms with van der Waals surface area (Å²) in [6.07, 6.45) is 6.52. The van der Waals surface area contributed by atoms with E-state index in [0.717, 1.165) is 80.0 Å². The fourth-order valence-corrected chi connectivity index (χ4v) is 12.6. The van der Waals surface area contributed by atoms with E-state index < -0.39 is 0 Å². The van der Waals surface area contributed by atoms with Crippen molar-refractivity contribution in [1.29, 1.82) is 0 Å². The highest BCUT2D eigenvalue weighted by Gasteiger charge is 2.32. The summed E-state index contributed by atoms with van der Waals surface area (Å²) >= 11 is 0. The molecule has 2 heteroatoms. The molecule has 1 aliphatic carbocycles. The minimum absolute atomic E-state index is 0.840. The largest absolute Gasteiger partial charge is 0.311 e. The van der Waals surface area contributed by atoms with E-state index in [9.17, 15) is 0 Å². The van der Waals surface area contributed by atoms with Crippen molar-refractivity contribution in [3.63, 3.8) is 0 Å². The van der Waals surface area contributed by atoms with E-state index in [4.69, 9.17) is 0 Å². The Morgan fingerprint density at radius 3 is 0.829 bits per heavy atom. The Balaban J connectivity index is 1.05. The summed E-state index contributed by atoms with van der Waals surface area (Å²) in [5.74, 6) is 0. The van der Waals surface area contributed by atoms with Gasteiger partial charge in [-0.25, -0.2) is 0 Å². The first-order chi connectivity index (χ1) is 40.8. The van der Waals surface area contributed by atoms with E-state index >= 15 is 0 Å². The van der Waals surface area contributed by atoms with E-state index in [0.29, 0.717) is 0 Å². The van der Waals surface area contributed by atoms with Gasteiger partial charge in [-0.1, -0.05) is 322 Å². The molecule has 0 aliphatic heterocycles. The molecule has 0 amide bonds. The molecule has 0 bridgehead atoms. The second kappa shape index (κ2) is 22.3. The molecule has 13 aromatic rings. The molecule has 0 fully saturated rings. The minimum Gasteiger partial charge on any atom is -0.311 e. The number of rotatable bonds is 13. The third kappa shape index (κ3) is 9.07. The van der Waals surface area contributed by atoms with Crippen molar-refractivity contribution in [3.05, 3.63) is 333 Å². The number of allylic oxidation sites excluding steroid dienone is 4. The van der Waals surface area contributed by atoms with Gasteiger partial charge in [0, 0.05) is 39.1 Å². The maximum absolute atomic E-state index is 2.64. The van der Waals surface area contributed by atoms with Crippen LogP contribution in [0.15, 0.2) is 328 Å². The Hall–Kier alpha value is -10.5.